The maximum Gasteiger partial charge on any atom is 0.234 e. The normalized spacial score (nSPS) is 15.6. The highest BCUT2D eigenvalue weighted by Crippen LogP contribution is 2.13. The van der Waals surface area contributed by atoms with E-state index >= 15 is 0 Å². The number of fused-ring (bicyclic) bond motifs is 1. The molecule has 0 unspecified atom stereocenters. The van der Waals surface area contributed by atoms with Crippen molar-refractivity contribution in [1.82, 2.24) is 30.0 Å². The Kier molecular flexibility index (Phi) is 4.30. The molecule has 0 radical (unpaired) electrons. The van der Waals surface area contributed by atoms with Gasteiger partial charge in [0.15, 0.2) is 5.65 Å². The van der Waals surface area contributed by atoms with E-state index in [2.05, 4.69) is 30.4 Å². The van der Waals surface area contributed by atoms with Gasteiger partial charge in [-0.1, -0.05) is 0 Å². The van der Waals surface area contributed by atoms with Crippen LogP contribution in [0.15, 0.2) is 41.3 Å². The van der Waals surface area contributed by atoms with Crippen molar-refractivity contribution in [3.63, 3.8) is 0 Å². The Morgan fingerprint density at radius 1 is 1.20 bits per heavy atom. The van der Waals surface area contributed by atoms with Gasteiger partial charge in [-0.15, -0.1) is 15.3 Å². The predicted octanol–water partition coefficient (Wildman–Crippen LogP) is 0.156. The molecule has 3 aromatic heterocycles. The van der Waals surface area contributed by atoms with Crippen LogP contribution in [0.5, 0.6) is 0 Å². The summed E-state index contributed by atoms with van der Waals surface area (Å²) in [7, 11) is 0. The molecule has 0 spiro atoms. The summed E-state index contributed by atoms with van der Waals surface area (Å²) in [6.07, 6.45) is 3.20. The van der Waals surface area contributed by atoms with Crippen molar-refractivity contribution >= 4 is 17.4 Å². The van der Waals surface area contributed by atoms with E-state index < -0.39 is 0 Å². The van der Waals surface area contributed by atoms with E-state index in [0.29, 0.717) is 13.1 Å². The number of amides is 1. The third-order valence-corrected chi connectivity index (χ3v) is 4.25. The lowest BCUT2D eigenvalue weighted by atomic mass is 10.3. The number of hydrogen-bond acceptors (Lipinski definition) is 7. The largest absolute Gasteiger partial charge is 0.467 e. The van der Waals surface area contributed by atoms with Crippen LogP contribution >= 0.6 is 0 Å². The molecule has 1 saturated heterocycles. The minimum absolute atomic E-state index is 0.00823. The summed E-state index contributed by atoms with van der Waals surface area (Å²) < 4.78 is 6.88. The van der Waals surface area contributed by atoms with Gasteiger partial charge >= 0.3 is 0 Å². The van der Waals surface area contributed by atoms with Gasteiger partial charge in [0.25, 0.3) is 0 Å². The van der Waals surface area contributed by atoms with E-state index in [1.807, 2.05) is 24.3 Å². The van der Waals surface area contributed by atoms with Gasteiger partial charge < -0.3 is 14.6 Å². The topological polar surface area (TPSA) is 91.8 Å². The number of furan rings is 1. The Morgan fingerprint density at radius 3 is 2.88 bits per heavy atom. The summed E-state index contributed by atoms with van der Waals surface area (Å²) in [6, 6.07) is 7.52. The zero-order chi connectivity index (χ0) is 17.1. The third-order valence-electron chi connectivity index (χ3n) is 4.25. The average molecular weight is 341 g/mol. The monoisotopic (exact) mass is 341 g/mol. The van der Waals surface area contributed by atoms with Crippen molar-refractivity contribution in [3.8, 4) is 0 Å². The molecule has 1 amide bonds. The molecule has 1 aliphatic heterocycles. The first-order valence-corrected chi connectivity index (χ1v) is 8.21. The first-order chi connectivity index (χ1) is 12.3. The van der Waals surface area contributed by atoms with Crippen molar-refractivity contribution in [2.24, 2.45) is 0 Å². The Balaban J connectivity index is 1.27. The highest BCUT2D eigenvalue weighted by molar-refractivity contribution is 5.78. The minimum atomic E-state index is 0.00823. The Hall–Kier alpha value is -2.94. The van der Waals surface area contributed by atoms with Gasteiger partial charge in [-0.05, 0) is 24.3 Å². The summed E-state index contributed by atoms with van der Waals surface area (Å²) >= 11 is 0. The SMILES string of the molecule is O=C(CN1CCN(c2ccc3nncn3n2)CC1)NCc1ccco1. The van der Waals surface area contributed by atoms with E-state index in [9.17, 15) is 4.79 Å². The number of rotatable bonds is 5. The Morgan fingerprint density at radius 2 is 2.08 bits per heavy atom. The summed E-state index contributed by atoms with van der Waals surface area (Å²) in [4.78, 5) is 16.4. The zero-order valence-electron chi connectivity index (χ0n) is 13.7. The number of anilines is 1. The molecule has 0 saturated carbocycles. The van der Waals surface area contributed by atoms with E-state index in [4.69, 9.17) is 4.42 Å². The molecule has 1 N–H and O–H groups in total. The number of hydrogen-bond donors (Lipinski definition) is 1. The number of nitrogens with one attached hydrogen (secondary N) is 1. The highest BCUT2D eigenvalue weighted by Gasteiger charge is 2.20. The molecule has 130 valence electrons. The second kappa shape index (κ2) is 6.89. The molecule has 0 atom stereocenters. The van der Waals surface area contributed by atoms with Crippen molar-refractivity contribution < 1.29 is 9.21 Å². The smallest absolute Gasteiger partial charge is 0.234 e. The van der Waals surface area contributed by atoms with Crippen LogP contribution in [0.2, 0.25) is 0 Å². The summed E-state index contributed by atoms with van der Waals surface area (Å²) in [6.45, 7) is 4.10. The molecule has 0 aliphatic carbocycles. The van der Waals surface area contributed by atoms with E-state index in [1.54, 1.807) is 17.1 Å². The predicted molar refractivity (Wildman–Crippen MR) is 90.0 cm³/mol. The number of carbonyl (C=O) groups excluding carboxylic acids is 1. The molecule has 0 bridgehead atoms. The fourth-order valence-corrected chi connectivity index (χ4v) is 2.88. The van der Waals surface area contributed by atoms with Crippen molar-refractivity contribution in [1.29, 1.82) is 0 Å². The van der Waals surface area contributed by atoms with Gasteiger partial charge in [0, 0.05) is 26.2 Å². The molecule has 9 heteroatoms. The molecular formula is C16H19N7O2. The molecule has 4 rings (SSSR count). The lowest BCUT2D eigenvalue weighted by Gasteiger charge is -2.34. The second-order valence-electron chi connectivity index (χ2n) is 5.94. The molecule has 3 aromatic rings. The van der Waals surface area contributed by atoms with Gasteiger partial charge in [-0.2, -0.15) is 4.52 Å². The summed E-state index contributed by atoms with van der Waals surface area (Å²) in [5.41, 5.74) is 0.732. The van der Waals surface area contributed by atoms with Crippen LogP contribution in [0, 0.1) is 0 Å². The van der Waals surface area contributed by atoms with E-state index in [0.717, 1.165) is 43.4 Å². The fraction of sp³-hybridized carbons (Fsp3) is 0.375. The second-order valence-corrected chi connectivity index (χ2v) is 5.94. The molecule has 1 aliphatic rings. The number of piperazine rings is 1. The average Bonchev–Trinajstić information content (AvgIpc) is 3.31. The van der Waals surface area contributed by atoms with Crippen molar-refractivity contribution in [2.75, 3.05) is 37.6 Å². The molecule has 4 heterocycles. The van der Waals surface area contributed by atoms with Crippen molar-refractivity contribution in [2.45, 2.75) is 6.54 Å². The lowest BCUT2D eigenvalue weighted by molar-refractivity contribution is -0.122. The van der Waals surface area contributed by atoms with Crippen LogP contribution in [0.4, 0.5) is 5.82 Å². The quantitative estimate of drug-likeness (QED) is 0.706. The van der Waals surface area contributed by atoms with E-state index in [1.165, 1.54) is 0 Å². The Labute approximate surface area is 144 Å². The lowest BCUT2D eigenvalue weighted by Crippen LogP contribution is -2.49. The standard InChI is InChI=1S/C16H19N7O2/c24-16(17-10-13-2-1-9-25-13)11-21-5-7-22(8-6-21)15-4-3-14-19-18-12-23(14)20-15/h1-4,9,12H,5-8,10-11H2,(H,17,24). The van der Waals surface area contributed by atoms with Gasteiger partial charge in [0.1, 0.15) is 17.9 Å². The Bertz CT molecular complexity index is 837. The number of nitrogens with zero attached hydrogens (tertiary/aromatic N) is 6. The number of carbonyl (C=O) groups is 1. The highest BCUT2D eigenvalue weighted by atomic mass is 16.3. The number of aromatic nitrogens is 4. The van der Waals surface area contributed by atoms with Crippen LogP contribution in [0.1, 0.15) is 5.76 Å². The zero-order valence-corrected chi connectivity index (χ0v) is 13.7. The molecule has 25 heavy (non-hydrogen) atoms. The summed E-state index contributed by atoms with van der Waals surface area (Å²) in [5, 5.41) is 15.2. The summed E-state index contributed by atoms with van der Waals surface area (Å²) in [5.74, 6) is 1.66. The van der Waals surface area contributed by atoms with Crippen molar-refractivity contribution in [3.05, 3.63) is 42.6 Å². The maximum absolute atomic E-state index is 12.0. The van der Waals surface area contributed by atoms with Crippen LogP contribution in [-0.2, 0) is 11.3 Å². The fourth-order valence-electron chi connectivity index (χ4n) is 2.88. The minimum Gasteiger partial charge on any atom is -0.467 e. The molecule has 1 fully saturated rings. The van der Waals surface area contributed by atoms with Crippen LogP contribution < -0.4 is 10.2 Å². The van der Waals surface area contributed by atoms with Gasteiger partial charge in [-0.3, -0.25) is 9.69 Å². The molecular weight excluding hydrogens is 322 g/mol. The van der Waals surface area contributed by atoms with E-state index in [-0.39, 0.29) is 5.91 Å². The van der Waals surface area contributed by atoms with Gasteiger partial charge in [0.05, 0.1) is 19.4 Å². The first-order valence-electron chi connectivity index (χ1n) is 8.21. The van der Waals surface area contributed by atoms with Gasteiger partial charge in [-0.25, -0.2) is 0 Å². The molecule has 0 aromatic carbocycles. The van der Waals surface area contributed by atoms with Crippen LogP contribution in [-0.4, -0.2) is 63.3 Å². The third kappa shape index (κ3) is 3.61. The first kappa shape index (κ1) is 15.6. The van der Waals surface area contributed by atoms with Crippen LogP contribution in [0.25, 0.3) is 5.65 Å². The van der Waals surface area contributed by atoms with Crippen LogP contribution in [0.3, 0.4) is 0 Å². The molecule has 9 nitrogen and oxygen atoms in total. The van der Waals surface area contributed by atoms with Gasteiger partial charge in [0.2, 0.25) is 5.91 Å². The maximum atomic E-state index is 12.0.